The molecule has 0 radical (unpaired) electrons. The molecule has 1 amide bonds. The highest BCUT2D eigenvalue weighted by Gasteiger charge is 2.48. The maximum atomic E-state index is 13.8. The van der Waals surface area contributed by atoms with Crippen molar-refractivity contribution in [3.63, 3.8) is 0 Å². The molecule has 1 aromatic rings. The number of aliphatic hydroxyl groups is 2. The minimum absolute atomic E-state index is 0.00447. The Morgan fingerprint density at radius 3 is 2.86 bits per heavy atom. The predicted octanol–water partition coefficient (Wildman–Crippen LogP) is 0.910. The third-order valence-corrected chi connectivity index (χ3v) is 7.86. The molecule has 1 aliphatic carbocycles. The lowest BCUT2D eigenvalue weighted by atomic mass is 9.72. The molecule has 5 rings (SSSR count). The van der Waals surface area contributed by atoms with Crippen molar-refractivity contribution in [3.8, 4) is 0 Å². The van der Waals surface area contributed by atoms with Crippen molar-refractivity contribution >= 4 is 11.5 Å². The van der Waals surface area contributed by atoms with E-state index >= 15 is 0 Å². The van der Waals surface area contributed by atoms with Gasteiger partial charge in [-0.2, -0.15) is 0 Å². The summed E-state index contributed by atoms with van der Waals surface area (Å²) in [5, 5.41) is 31.2. The van der Waals surface area contributed by atoms with Crippen molar-refractivity contribution in [2.45, 2.75) is 63.3 Å². The summed E-state index contributed by atoms with van der Waals surface area (Å²) in [4.78, 5) is 28.8. The van der Waals surface area contributed by atoms with Crippen LogP contribution in [0, 0.1) is 0 Å². The number of aryl methyl sites for hydroxylation is 2. The Bertz CT molecular complexity index is 1250. The first-order chi connectivity index (χ1) is 17.3. The molecule has 1 aromatic heterocycles. The third-order valence-electron chi connectivity index (χ3n) is 7.86. The first kappa shape index (κ1) is 24.4. The van der Waals surface area contributed by atoms with Crippen molar-refractivity contribution in [1.29, 1.82) is 0 Å². The molecular weight excluding hydrogens is 464 g/mol. The number of hydrogen-bond donors (Lipinski definition) is 4. The summed E-state index contributed by atoms with van der Waals surface area (Å²) in [5.41, 5.74) is 1.72. The number of aromatic nitrogens is 4. The van der Waals surface area contributed by atoms with Gasteiger partial charge in [-0.25, -0.2) is 4.68 Å². The van der Waals surface area contributed by atoms with E-state index in [1.165, 1.54) is 6.08 Å². The second kappa shape index (κ2) is 9.62. The highest BCUT2D eigenvalue weighted by Crippen LogP contribution is 2.45. The number of piperidine rings is 1. The summed E-state index contributed by atoms with van der Waals surface area (Å²) in [6.07, 6.45) is 10.1. The zero-order valence-corrected chi connectivity index (χ0v) is 20.7. The van der Waals surface area contributed by atoms with Crippen LogP contribution in [0.25, 0.3) is 5.57 Å². The lowest BCUT2D eigenvalue weighted by Crippen LogP contribution is -2.56. The van der Waals surface area contributed by atoms with Gasteiger partial charge in [0.1, 0.15) is 12.5 Å². The molecule has 0 aromatic carbocycles. The van der Waals surface area contributed by atoms with Gasteiger partial charge in [0, 0.05) is 36.3 Å². The smallest absolute Gasteiger partial charge is 0.274 e. The highest BCUT2D eigenvalue weighted by atomic mass is 16.5. The number of nitrogens with one attached hydrogen (secondary N) is 2. The average Bonchev–Trinajstić information content (AvgIpc) is 3.20. The number of rotatable bonds is 3. The molecule has 4 aliphatic rings. The van der Waals surface area contributed by atoms with Gasteiger partial charge in [-0.15, -0.1) is 5.10 Å². The van der Waals surface area contributed by atoms with Crippen molar-refractivity contribution < 1.29 is 19.7 Å². The Morgan fingerprint density at radius 1 is 1.33 bits per heavy atom. The molecule has 3 unspecified atom stereocenters. The fraction of sp³-hybridized carbons (Fsp3) is 0.560. The van der Waals surface area contributed by atoms with Crippen LogP contribution in [0.3, 0.4) is 0 Å². The zero-order valence-electron chi connectivity index (χ0n) is 20.7. The standard InChI is InChI=1S/C25H34N6O5/c1-16-14-25(9-11-30(16)24(35)21-19(33)4-3-10-26-21)8-5-18-20(25)23(34)31(15-32)28-22(29(2)27-18)17-6-12-36-13-7-17/h3-4,6,10,16,21,26-27,32-33H,5,7-9,11-15H2,1-2H3. The number of allylic oxidation sites excluding steroid dienone is 2. The molecule has 36 heavy (non-hydrogen) atoms. The molecule has 3 atom stereocenters. The molecule has 1 saturated heterocycles. The highest BCUT2D eigenvalue weighted by molar-refractivity contribution is 5.85. The van der Waals surface area contributed by atoms with Gasteiger partial charge in [-0.3, -0.25) is 14.3 Å². The number of nitrogens with zero attached hydrogens (tertiary/aromatic N) is 4. The Kier molecular flexibility index (Phi) is 6.52. The van der Waals surface area contributed by atoms with E-state index in [2.05, 4.69) is 15.5 Å². The number of likely N-dealkylation sites (tertiary alicyclic amines) is 1. The molecule has 194 valence electrons. The van der Waals surface area contributed by atoms with Gasteiger partial charge in [-0.1, -0.05) is 6.08 Å². The van der Waals surface area contributed by atoms with Crippen LogP contribution in [-0.4, -0.2) is 72.4 Å². The number of aromatic amines is 1. The number of amides is 1. The largest absolute Gasteiger partial charge is 0.510 e. The summed E-state index contributed by atoms with van der Waals surface area (Å²) in [6, 6.07) is -0.927. The number of hydrogen-bond acceptors (Lipinski definition) is 7. The number of fused-ring (bicyclic) bond motifs is 2. The van der Waals surface area contributed by atoms with Gasteiger partial charge in [0.15, 0.2) is 11.9 Å². The van der Waals surface area contributed by atoms with Gasteiger partial charge in [0.2, 0.25) is 0 Å². The first-order valence-electron chi connectivity index (χ1n) is 12.5. The van der Waals surface area contributed by atoms with Gasteiger partial charge < -0.3 is 30.3 Å². The van der Waals surface area contributed by atoms with Crippen LogP contribution in [0.15, 0.2) is 35.0 Å². The monoisotopic (exact) mass is 498 g/mol. The summed E-state index contributed by atoms with van der Waals surface area (Å²) in [6.45, 7) is 2.99. The van der Waals surface area contributed by atoms with Gasteiger partial charge >= 0.3 is 0 Å². The van der Waals surface area contributed by atoms with Gasteiger partial charge in [0.05, 0.1) is 13.2 Å². The predicted molar refractivity (Wildman–Crippen MR) is 132 cm³/mol. The first-order valence-corrected chi connectivity index (χ1v) is 12.5. The fourth-order valence-corrected chi connectivity index (χ4v) is 6.08. The second-order valence-electron chi connectivity index (χ2n) is 10.0. The van der Waals surface area contributed by atoms with Crippen molar-refractivity contribution in [1.82, 2.24) is 29.8 Å². The zero-order chi connectivity index (χ0) is 25.4. The van der Waals surface area contributed by atoms with Crippen molar-refractivity contribution in [2.24, 2.45) is 7.05 Å². The molecule has 1 fully saturated rings. The molecule has 4 heterocycles. The lowest BCUT2D eigenvalue weighted by Gasteiger charge is -2.45. The minimum Gasteiger partial charge on any atom is -0.510 e. The van der Waals surface area contributed by atoms with E-state index in [0.29, 0.717) is 56.8 Å². The lowest BCUT2D eigenvalue weighted by molar-refractivity contribution is -0.137. The van der Waals surface area contributed by atoms with Crippen LogP contribution in [-0.2, 0) is 35.1 Å². The number of H-pyrrole nitrogens is 1. The Hall–Kier alpha value is -3.31. The van der Waals surface area contributed by atoms with E-state index in [1.54, 1.807) is 17.2 Å². The number of aliphatic hydroxyl groups excluding tert-OH is 2. The van der Waals surface area contributed by atoms with Gasteiger partial charge in [0.25, 0.3) is 11.5 Å². The number of carbonyl (C=O) groups excluding carboxylic acids is 1. The molecule has 3 aliphatic heterocycles. The summed E-state index contributed by atoms with van der Waals surface area (Å²) >= 11 is 0. The molecule has 0 bridgehead atoms. The Balaban J connectivity index is 1.51. The van der Waals surface area contributed by atoms with E-state index in [9.17, 15) is 19.8 Å². The summed E-state index contributed by atoms with van der Waals surface area (Å²) < 4.78 is 8.39. The summed E-state index contributed by atoms with van der Waals surface area (Å²) in [7, 11) is 1.87. The topological polar surface area (TPSA) is 138 Å². The average molecular weight is 499 g/mol. The fourth-order valence-electron chi connectivity index (χ4n) is 6.08. The maximum absolute atomic E-state index is 13.8. The quantitative estimate of drug-likeness (QED) is 0.486. The van der Waals surface area contributed by atoms with Crippen LogP contribution < -0.4 is 10.9 Å². The van der Waals surface area contributed by atoms with E-state index in [1.807, 2.05) is 24.7 Å². The molecule has 11 nitrogen and oxygen atoms in total. The Labute approximate surface area is 209 Å². The van der Waals surface area contributed by atoms with Crippen LogP contribution >= 0.6 is 0 Å². The Morgan fingerprint density at radius 2 is 2.17 bits per heavy atom. The molecule has 11 heteroatoms. The number of dihydropyridines is 1. The maximum Gasteiger partial charge on any atom is 0.274 e. The number of carbonyl (C=O) groups is 1. The van der Waals surface area contributed by atoms with Crippen LogP contribution in [0.1, 0.15) is 49.7 Å². The molecule has 0 saturated carbocycles. The van der Waals surface area contributed by atoms with Crippen LogP contribution in [0.4, 0.5) is 0 Å². The normalized spacial score (nSPS) is 27.2. The summed E-state index contributed by atoms with van der Waals surface area (Å²) in [5.74, 6) is 0.402. The van der Waals surface area contributed by atoms with E-state index in [-0.39, 0.29) is 23.3 Å². The van der Waals surface area contributed by atoms with Crippen molar-refractivity contribution in [2.75, 3.05) is 19.8 Å². The second-order valence-corrected chi connectivity index (χ2v) is 10.0. The van der Waals surface area contributed by atoms with E-state index < -0.39 is 18.2 Å². The molecule has 4 N–H and O–H groups in total. The van der Waals surface area contributed by atoms with Gasteiger partial charge in [-0.05, 0) is 63.0 Å². The molecular formula is C25H34N6O5. The van der Waals surface area contributed by atoms with Crippen LogP contribution in [0.2, 0.25) is 0 Å². The van der Waals surface area contributed by atoms with Crippen LogP contribution in [0.5, 0.6) is 0 Å². The SMILES string of the molecule is CC1CC2(CCc3[nH]n(C)c(C4=CCOCC4)nn(CO)c(=O)c32)CCN1C(=O)C1NC=CC=C1O. The third kappa shape index (κ3) is 4.16. The van der Waals surface area contributed by atoms with Crippen molar-refractivity contribution in [3.05, 3.63) is 57.6 Å². The minimum atomic E-state index is -0.791. The molecule has 1 spiro atoms. The number of ether oxygens (including phenoxy) is 1. The van der Waals surface area contributed by atoms with E-state index in [0.717, 1.165) is 22.4 Å². The van der Waals surface area contributed by atoms with E-state index in [4.69, 9.17) is 4.74 Å².